The molecule has 0 radical (unpaired) electrons. The highest BCUT2D eigenvalue weighted by Gasteiger charge is 2.10. The fourth-order valence-corrected chi connectivity index (χ4v) is 2.48. The summed E-state index contributed by atoms with van der Waals surface area (Å²) in [4.78, 5) is 0. The summed E-state index contributed by atoms with van der Waals surface area (Å²) in [5, 5.41) is 12.6. The van der Waals surface area contributed by atoms with Gasteiger partial charge in [-0.05, 0) is 43.2 Å². The highest BCUT2D eigenvalue weighted by Crippen LogP contribution is 2.26. The molecular formula is C16H15BrN2. The minimum Gasteiger partial charge on any atom is -0.377 e. The Morgan fingerprint density at radius 2 is 1.95 bits per heavy atom. The minimum atomic E-state index is 0.162. The lowest BCUT2D eigenvalue weighted by Crippen LogP contribution is -2.09. The summed E-state index contributed by atoms with van der Waals surface area (Å²) < 4.78 is 0.915. The molecule has 0 bridgehead atoms. The maximum absolute atomic E-state index is 9.17. The molecule has 1 atom stereocenters. The van der Waals surface area contributed by atoms with E-state index in [1.54, 1.807) is 0 Å². The van der Waals surface area contributed by atoms with Gasteiger partial charge in [-0.25, -0.2) is 0 Å². The summed E-state index contributed by atoms with van der Waals surface area (Å²) in [5.41, 5.74) is 4.00. The zero-order valence-electron chi connectivity index (χ0n) is 10.9. The van der Waals surface area contributed by atoms with Gasteiger partial charge in [0.15, 0.2) is 0 Å². The van der Waals surface area contributed by atoms with Gasteiger partial charge in [-0.3, -0.25) is 0 Å². The highest BCUT2D eigenvalue weighted by molar-refractivity contribution is 9.10. The molecule has 0 aromatic heterocycles. The normalized spacial score (nSPS) is 11.7. The van der Waals surface area contributed by atoms with Crippen molar-refractivity contribution in [1.29, 1.82) is 5.26 Å². The van der Waals surface area contributed by atoms with Crippen molar-refractivity contribution in [2.75, 3.05) is 5.32 Å². The van der Waals surface area contributed by atoms with Crippen molar-refractivity contribution in [2.24, 2.45) is 0 Å². The van der Waals surface area contributed by atoms with Crippen LogP contribution in [0.2, 0.25) is 0 Å². The first-order valence-corrected chi connectivity index (χ1v) is 6.93. The molecule has 19 heavy (non-hydrogen) atoms. The summed E-state index contributed by atoms with van der Waals surface area (Å²) in [5.74, 6) is 0. The second kappa shape index (κ2) is 5.90. The van der Waals surface area contributed by atoms with Gasteiger partial charge in [0.25, 0.3) is 0 Å². The second-order valence-electron chi connectivity index (χ2n) is 4.52. The number of halogens is 1. The standard InChI is InChI=1S/C16H15BrN2/c1-11-5-3-4-6-15(11)12(2)19-16-8-7-14(17)9-13(16)10-18/h3-9,12,19H,1-2H3. The van der Waals surface area contributed by atoms with Gasteiger partial charge in [-0.15, -0.1) is 0 Å². The van der Waals surface area contributed by atoms with Crippen molar-refractivity contribution in [1.82, 2.24) is 0 Å². The molecule has 1 unspecified atom stereocenters. The Morgan fingerprint density at radius 1 is 1.21 bits per heavy atom. The molecule has 2 aromatic rings. The summed E-state index contributed by atoms with van der Waals surface area (Å²) in [7, 11) is 0. The van der Waals surface area contributed by atoms with Crippen molar-refractivity contribution >= 4 is 21.6 Å². The van der Waals surface area contributed by atoms with Crippen molar-refractivity contribution in [3.05, 3.63) is 63.6 Å². The van der Waals surface area contributed by atoms with Crippen LogP contribution >= 0.6 is 15.9 Å². The predicted octanol–water partition coefficient (Wildman–Crippen LogP) is 4.80. The molecule has 2 rings (SSSR count). The molecule has 0 aliphatic heterocycles. The Labute approximate surface area is 122 Å². The first-order chi connectivity index (χ1) is 9.11. The van der Waals surface area contributed by atoms with Crippen molar-refractivity contribution in [3.8, 4) is 6.07 Å². The zero-order valence-corrected chi connectivity index (χ0v) is 12.5. The molecule has 0 heterocycles. The van der Waals surface area contributed by atoms with Gasteiger partial charge >= 0.3 is 0 Å². The topological polar surface area (TPSA) is 35.8 Å². The Bertz CT molecular complexity index is 629. The first-order valence-electron chi connectivity index (χ1n) is 6.13. The molecule has 0 amide bonds. The molecule has 2 aromatic carbocycles. The molecule has 3 heteroatoms. The van der Waals surface area contributed by atoms with Crippen LogP contribution in [0.3, 0.4) is 0 Å². The van der Waals surface area contributed by atoms with Gasteiger partial charge in [-0.2, -0.15) is 5.26 Å². The number of nitrogens with zero attached hydrogens (tertiary/aromatic N) is 1. The first kappa shape index (κ1) is 13.6. The SMILES string of the molecule is Cc1ccccc1C(C)Nc1ccc(Br)cc1C#N. The average molecular weight is 315 g/mol. The molecule has 96 valence electrons. The van der Waals surface area contributed by atoms with Crippen LogP contribution in [0.15, 0.2) is 46.9 Å². The van der Waals surface area contributed by atoms with Crippen LogP contribution in [0.5, 0.6) is 0 Å². The Balaban J connectivity index is 2.27. The van der Waals surface area contributed by atoms with E-state index < -0.39 is 0 Å². The number of benzene rings is 2. The third-order valence-corrected chi connectivity index (χ3v) is 3.62. The second-order valence-corrected chi connectivity index (χ2v) is 5.44. The average Bonchev–Trinajstić information content (AvgIpc) is 2.41. The van der Waals surface area contributed by atoms with Gasteiger partial charge in [0.05, 0.1) is 11.3 Å². The van der Waals surface area contributed by atoms with Crippen LogP contribution in [0.1, 0.15) is 29.7 Å². The molecule has 0 saturated carbocycles. The Kier molecular flexibility index (Phi) is 4.24. The maximum Gasteiger partial charge on any atom is 0.101 e. The van der Waals surface area contributed by atoms with E-state index >= 15 is 0 Å². The number of hydrogen-bond acceptors (Lipinski definition) is 2. The summed E-state index contributed by atoms with van der Waals surface area (Å²) in [6.07, 6.45) is 0. The van der Waals surface area contributed by atoms with Gasteiger partial charge in [-0.1, -0.05) is 40.2 Å². The highest BCUT2D eigenvalue weighted by atomic mass is 79.9. The van der Waals surface area contributed by atoms with Crippen LogP contribution < -0.4 is 5.32 Å². The number of rotatable bonds is 3. The van der Waals surface area contributed by atoms with Crippen LogP contribution in [0, 0.1) is 18.3 Å². The number of nitrogens with one attached hydrogen (secondary N) is 1. The van der Waals surface area contributed by atoms with Gasteiger partial charge in [0, 0.05) is 10.5 Å². The number of aryl methyl sites for hydroxylation is 1. The van der Waals surface area contributed by atoms with Crippen LogP contribution in [0.4, 0.5) is 5.69 Å². The molecule has 2 nitrogen and oxygen atoms in total. The molecule has 0 aliphatic carbocycles. The molecule has 0 fully saturated rings. The lowest BCUT2D eigenvalue weighted by molar-refractivity contribution is 0.873. The van der Waals surface area contributed by atoms with E-state index in [4.69, 9.17) is 0 Å². The van der Waals surface area contributed by atoms with Crippen LogP contribution in [-0.2, 0) is 0 Å². The third kappa shape index (κ3) is 3.15. The summed E-state index contributed by atoms with van der Waals surface area (Å²) in [6, 6.07) is 16.3. The van der Waals surface area contributed by atoms with Crippen molar-refractivity contribution < 1.29 is 0 Å². The van der Waals surface area contributed by atoms with E-state index in [1.165, 1.54) is 11.1 Å². The number of hydrogen-bond donors (Lipinski definition) is 1. The maximum atomic E-state index is 9.17. The predicted molar refractivity (Wildman–Crippen MR) is 82.1 cm³/mol. The molecule has 0 spiro atoms. The van der Waals surface area contributed by atoms with E-state index in [9.17, 15) is 5.26 Å². The van der Waals surface area contributed by atoms with E-state index in [1.807, 2.05) is 30.3 Å². The molecule has 0 saturated heterocycles. The summed E-state index contributed by atoms with van der Waals surface area (Å²) >= 11 is 3.38. The quantitative estimate of drug-likeness (QED) is 0.883. The monoisotopic (exact) mass is 314 g/mol. The summed E-state index contributed by atoms with van der Waals surface area (Å²) in [6.45, 7) is 4.20. The molecular weight excluding hydrogens is 300 g/mol. The van der Waals surface area contributed by atoms with E-state index in [0.717, 1.165) is 10.2 Å². The number of nitriles is 1. The van der Waals surface area contributed by atoms with Gasteiger partial charge < -0.3 is 5.32 Å². The Morgan fingerprint density at radius 3 is 2.63 bits per heavy atom. The third-order valence-electron chi connectivity index (χ3n) is 3.13. The van der Waals surface area contributed by atoms with E-state index in [0.29, 0.717) is 5.56 Å². The fourth-order valence-electron chi connectivity index (χ4n) is 2.12. The minimum absolute atomic E-state index is 0.162. The molecule has 1 N–H and O–H groups in total. The lowest BCUT2D eigenvalue weighted by Gasteiger charge is -2.18. The number of anilines is 1. The fraction of sp³-hybridized carbons (Fsp3) is 0.188. The zero-order chi connectivity index (χ0) is 13.8. The smallest absolute Gasteiger partial charge is 0.101 e. The lowest BCUT2D eigenvalue weighted by atomic mass is 10.0. The van der Waals surface area contributed by atoms with Gasteiger partial charge in [0.1, 0.15) is 6.07 Å². The largest absolute Gasteiger partial charge is 0.377 e. The Hall–Kier alpha value is -1.79. The molecule has 0 aliphatic rings. The van der Waals surface area contributed by atoms with E-state index in [2.05, 4.69) is 53.3 Å². The van der Waals surface area contributed by atoms with Crippen molar-refractivity contribution in [2.45, 2.75) is 19.9 Å². The van der Waals surface area contributed by atoms with Crippen LogP contribution in [0.25, 0.3) is 0 Å². The van der Waals surface area contributed by atoms with Gasteiger partial charge in [0.2, 0.25) is 0 Å². The van der Waals surface area contributed by atoms with Crippen molar-refractivity contribution in [3.63, 3.8) is 0 Å². The van der Waals surface area contributed by atoms with E-state index in [-0.39, 0.29) is 6.04 Å². The van der Waals surface area contributed by atoms with Crippen LogP contribution in [-0.4, -0.2) is 0 Å².